The zero-order chi connectivity index (χ0) is 10.4. The molecule has 0 saturated carbocycles. The van der Waals surface area contributed by atoms with Crippen LogP contribution in [0, 0.1) is 0 Å². The van der Waals surface area contributed by atoms with E-state index in [-0.39, 0.29) is 0 Å². The molecule has 80 valence electrons. The summed E-state index contributed by atoms with van der Waals surface area (Å²) in [5.74, 6) is 1.00. The van der Waals surface area contributed by atoms with E-state index in [1.807, 2.05) is 24.6 Å². The van der Waals surface area contributed by atoms with E-state index < -0.39 is 6.10 Å². The van der Waals surface area contributed by atoms with E-state index in [2.05, 4.69) is 4.98 Å². The molecule has 1 aromatic heterocycles. The molecule has 0 spiro atoms. The summed E-state index contributed by atoms with van der Waals surface area (Å²) < 4.78 is 7.10. The molecule has 14 heavy (non-hydrogen) atoms. The van der Waals surface area contributed by atoms with E-state index >= 15 is 0 Å². The Morgan fingerprint density at radius 1 is 1.57 bits per heavy atom. The van der Waals surface area contributed by atoms with Crippen molar-refractivity contribution >= 4 is 0 Å². The van der Waals surface area contributed by atoms with E-state index in [0.29, 0.717) is 19.8 Å². The van der Waals surface area contributed by atoms with E-state index in [1.165, 1.54) is 0 Å². The van der Waals surface area contributed by atoms with Crippen molar-refractivity contribution in [3.05, 3.63) is 18.2 Å². The first-order chi connectivity index (χ1) is 6.77. The molecule has 1 heterocycles. The maximum absolute atomic E-state index is 9.60. The monoisotopic (exact) mass is 198 g/mol. The lowest BCUT2D eigenvalue weighted by Gasteiger charge is -2.12. The Balaban J connectivity index is 2.42. The second-order valence-corrected chi connectivity index (χ2v) is 3.16. The van der Waals surface area contributed by atoms with Crippen molar-refractivity contribution in [2.24, 2.45) is 0 Å². The van der Waals surface area contributed by atoms with Gasteiger partial charge in [-0.3, -0.25) is 0 Å². The number of ether oxygens (including phenoxy) is 1. The SMILES string of the molecule is CCOCC(O)Cn1ccnc1CC. The first-order valence-electron chi connectivity index (χ1n) is 5.03. The van der Waals surface area contributed by atoms with Gasteiger partial charge in [-0.1, -0.05) is 6.92 Å². The molecule has 0 aliphatic rings. The minimum Gasteiger partial charge on any atom is -0.389 e. The standard InChI is InChI=1S/C10H18N2O2/c1-3-10-11-5-6-12(10)7-9(13)8-14-4-2/h5-6,9,13H,3-4,7-8H2,1-2H3. The molecule has 1 rings (SSSR count). The Morgan fingerprint density at radius 3 is 3.00 bits per heavy atom. The number of aryl methyl sites for hydroxylation is 1. The fraction of sp³-hybridized carbons (Fsp3) is 0.700. The summed E-state index contributed by atoms with van der Waals surface area (Å²) in [6, 6.07) is 0. The van der Waals surface area contributed by atoms with Crippen LogP contribution in [0.2, 0.25) is 0 Å². The molecular weight excluding hydrogens is 180 g/mol. The van der Waals surface area contributed by atoms with E-state index in [9.17, 15) is 5.11 Å². The Bertz CT molecular complexity index is 260. The maximum Gasteiger partial charge on any atom is 0.108 e. The second kappa shape index (κ2) is 5.78. The largest absolute Gasteiger partial charge is 0.389 e. The van der Waals surface area contributed by atoms with Crippen LogP contribution in [0.5, 0.6) is 0 Å². The van der Waals surface area contributed by atoms with Crippen molar-refractivity contribution in [1.82, 2.24) is 9.55 Å². The van der Waals surface area contributed by atoms with Crippen molar-refractivity contribution < 1.29 is 9.84 Å². The second-order valence-electron chi connectivity index (χ2n) is 3.16. The van der Waals surface area contributed by atoms with Crippen LogP contribution in [-0.4, -0.2) is 34.0 Å². The van der Waals surface area contributed by atoms with Gasteiger partial charge in [0.1, 0.15) is 5.82 Å². The number of aromatic nitrogens is 2. The molecule has 0 radical (unpaired) electrons. The van der Waals surface area contributed by atoms with Crippen molar-refractivity contribution in [1.29, 1.82) is 0 Å². The van der Waals surface area contributed by atoms with Gasteiger partial charge in [-0.2, -0.15) is 0 Å². The summed E-state index contributed by atoms with van der Waals surface area (Å²) in [5.41, 5.74) is 0. The third kappa shape index (κ3) is 3.12. The van der Waals surface area contributed by atoms with Crippen LogP contribution >= 0.6 is 0 Å². The minimum absolute atomic E-state index is 0.387. The van der Waals surface area contributed by atoms with Crippen LogP contribution in [0.1, 0.15) is 19.7 Å². The Hall–Kier alpha value is -0.870. The van der Waals surface area contributed by atoms with Crippen molar-refractivity contribution in [3.8, 4) is 0 Å². The van der Waals surface area contributed by atoms with Gasteiger partial charge in [0.2, 0.25) is 0 Å². The lowest BCUT2D eigenvalue weighted by atomic mass is 10.3. The highest BCUT2D eigenvalue weighted by molar-refractivity contribution is 4.92. The molecule has 4 nitrogen and oxygen atoms in total. The Kier molecular flexibility index (Phi) is 4.62. The molecule has 4 heteroatoms. The highest BCUT2D eigenvalue weighted by Gasteiger charge is 2.07. The molecule has 0 aromatic carbocycles. The van der Waals surface area contributed by atoms with Gasteiger partial charge >= 0.3 is 0 Å². The third-order valence-corrected chi connectivity index (χ3v) is 2.04. The predicted octanol–water partition coefficient (Wildman–Crippen LogP) is 0.843. The van der Waals surface area contributed by atoms with E-state index in [1.54, 1.807) is 6.20 Å². The van der Waals surface area contributed by atoms with Gasteiger partial charge in [0.05, 0.1) is 19.3 Å². The highest BCUT2D eigenvalue weighted by Crippen LogP contribution is 2.00. The summed E-state index contributed by atoms with van der Waals surface area (Å²) >= 11 is 0. The first-order valence-corrected chi connectivity index (χ1v) is 5.03. The quantitative estimate of drug-likeness (QED) is 0.737. The molecule has 0 aliphatic heterocycles. The molecule has 1 N–H and O–H groups in total. The molecule has 0 saturated heterocycles. The molecule has 0 bridgehead atoms. The van der Waals surface area contributed by atoms with E-state index in [0.717, 1.165) is 12.2 Å². The lowest BCUT2D eigenvalue weighted by molar-refractivity contribution is 0.0331. The third-order valence-electron chi connectivity index (χ3n) is 2.04. The number of aliphatic hydroxyl groups is 1. The topological polar surface area (TPSA) is 47.3 Å². The average Bonchev–Trinajstić information content (AvgIpc) is 2.62. The molecule has 1 atom stereocenters. The highest BCUT2D eigenvalue weighted by atomic mass is 16.5. The molecule has 1 aromatic rings. The van der Waals surface area contributed by atoms with Crippen LogP contribution in [0.4, 0.5) is 0 Å². The summed E-state index contributed by atoms with van der Waals surface area (Å²) in [7, 11) is 0. The predicted molar refractivity (Wildman–Crippen MR) is 54.1 cm³/mol. The lowest BCUT2D eigenvalue weighted by Crippen LogP contribution is -2.22. The Labute approximate surface area is 84.5 Å². The number of aliphatic hydroxyl groups excluding tert-OH is 1. The number of rotatable bonds is 6. The maximum atomic E-state index is 9.60. The molecule has 1 unspecified atom stereocenters. The number of imidazole rings is 1. The van der Waals surface area contributed by atoms with Gasteiger partial charge in [-0.15, -0.1) is 0 Å². The molecule has 0 amide bonds. The van der Waals surface area contributed by atoms with Crippen LogP contribution in [0.25, 0.3) is 0 Å². The number of hydrogen-bond acceptors (Lipinski definition) is 3. The smallest absolute Gasteiger partial charge is 0.108 e. The first kappa shape index (κ1) is 11.2. The van der Waals surface area contributed by atoms with Crippen molar-refractivity contribution in [2.75, 3.05) is 13.2 Å². The van der Waals surface area contributed by atoms with Crippen LogP contribution < -0.4 is 0 Å². The zero-order valence-electron chi connectivity index (χ0n) is 8.81. The summed E-state index contributed by atoms with van der Waals surface area (Å²) in [6.45, 7) is 5.55. The molecule has 0 fully saturated rings. The summed E-state index contributed by atoms with van der Waals surface area (Å²) in [4.78, 5) is 4.18. The average molecular weight is 198 g/mol. The minimum atomic E-state index is -0.450. The van der Waals surface area contributed by atoms with Gasteiger partial charge in [0, 0.05) is 25.4 Å². The van der Waals surface area contributed by atoms with Crippen LogP contribution in [0.15, 0.2) is 12.4 Å². The van der Waals surface area contributed by atoms with Crippen LogP contribution in [0.3, 0.4) is 0 Å². The fourth-order valence-electron chi connectivity index (χ4n) is 1.35. The number of nitrogens with zero attached hydrogens (tertiary/aromatic N) is 2. The van der Waals surface area contributed by atoms with Gasteiger partial charge in [-0.25, -0.2) is 4.98 Å². The Morgan fingerprint density at radius 2 is 2.36 bits per heavy atom. The van der Waals surface area contributed by atoms with Gasteiger partial charge < -0.3 is 14.4 Å². The van der Waals surface area contributed by atoms with Crippen molar-refractivity contribution in [3.63, 3.8) is 0 Å². The number of hydrogen-bond donors (Lipinski definition) is 1. The molecule has 0 aliphatic carbocycles. The van der Waals surface area contributed by atoms with Gasteiger partial charge in [0.25, 0.3) is 0 Å². The normalized spacial score (nSPS) is 13.1. The fourth-order valence-corrected chi connectivity index (χ4v) is 1.35. The molecular formula is C10H18N2O2. The van der Waals surface area contributed by atoms with E-state index in [4.69, 9.17) is 4.74 Å². The summed E-state index contributed by atoms with van der Waals surface area (Å²) in [5, 5.41) is 9.60. The van der Waals surface area contributed by atoms with Crippen LogP contribution in [-0.2, 0) is 17.7 Å². The summed E-state index contributed by atoms with van der Waals surface area (Å²) in [6.07, 6.45) is 4.07. The van der Waals surface area contributed by atoms with Gasteiger partial charge in [0.15, 0.2) is 0 Å². The van der Waals surface area contributed by atoms with Gasteiger partial charge in [-0.05, 0) is 6.92 Å². The zero-order valence-corrected chi connectivity index (χ0v) is 8.81. The van der Waals surface area contributed by atoms with Crippen molar-refractivity contribution in [2.45, 2.75) is 32.9 Å².